The molecule has 0 bridgehead atoms. The molecule has 3 rings (SSSR count). The molecule has 4 atom stereocenters. The topological polar surface area (TPSA) is 177 Å². The van der Waals surface area contributed by atoms with Gasteiger partial charge in [0.2, 0.25) is 23.6 Å². The summed E-state index contributed by atoms with van der Waals surface area (Å²) in [6.07, 6.45) is 0.396. The second-order valence-corrected chi connectivity index (χ2v) is 10.9. The molecule has 0 saturated carbocycles. The lowest BCUT2D eigenvalue weighted by Crippen LogP contribution is -2.58. The van der Waals surface area contributed by atoms with E-state index in [9.17, 15) is 24.3 Å². The lowest BCUT2D eigenvalue weighted by molar-refractivity contribution is -0.133. The fourth-order valence-corrected chi connectivity index (χ4v) is 5.81. The number of nitrogens with one attached hydrogen (secondary N) is 3. The molecule has 4 amide bonds. The molecule has 0 unspecified atom stereocenters. The van der Waals surface area contributed by atoms with Crippen molar-refractivity contribution >= 4 is 45.2 Å². The highest BCUT2D eigenvalue weighted by atomic mass is 33.1. The molecular formula is C24H29N5O5S2. The van der Waals surface area contributed by atoms with Gasteiger partial charge in [0.25, 0.3) is 0 Å². The van der Waals surface area contributed by atoms with Crippen molar-refractivity contribution < 1.29 is 24.3 Å². The number of carbonyl (C=O) groups excluding carboxylic acids is 4. The van der Waals surface area contributed by atoms with Crippen LogP contribution in [-0.4, -0.2) is 64.4 Å². The predicted molar refractivity (Wildman–Crippen MR) is 140 cm³/mol. The number of nitrogens with two attached hydrogens (primary N) is 2. The Morgan fingerprint density at radius 1 is 0.972 bits per heavy atom. The van der Waals surface area contributed by atoms with Crippen LogP contribution in [0.1, 0.15) is 11.1 Å². The highest BCUT2D eigenvalue weighted by Crippen LogP contribution is 2.24. The average Bonchev–Trinajstić information content (AvgIpc) is 2.87. The van der Waals surface area contributed by atoms with E-state index in [1.807, 2.05) is 30.3 Å². The molecular weight excluding hydrogens is 502 g/mol. The molecule has 0 spiro atoms. The van der Waals surface area contributed by atoms with Crippen molar-refractivity contribution in [3.63, 3.8) is 0 Å². The number of aromatic hydroxyl groups is 1. The molecule has 0 aromatic heterocycles. The van der Waals surface area contributed by atoms with E-state index >= 15 is 0 Å². The first-order chi connectivity index (χ1) is 17.2. The highest BCUT2D eigenvalue weighted by molar-refractivity contribution is 8.76. The minimum absolute atomic E-state index is 0.105. The van der Waals surface area contributed by atoms with Crippen LogP contribution in [0.15, 0.2) is 54.6 Å². The van der Waals surface area contributed by atoms with Gasteiger partial charge in [-0.2, -0.15) is 0 Å². The van der Waals surface area contributed by atoms with Crippen LogP contribution in [0.4, 0.5) is 0 Å². The summed E-state index contributed by atoms with van der Waals surface area (Å²) in [4.78, 5) is 50.8. The molecule has 0 aliphatic carbocycles. The summed E-state index contributed by atoms with van der Waals surface area (Å²) in [5.74, 6) is -1.79. The van der Waals surface area contributed by atoms with Gasteiger partial charge in [-0.05, 0) is 29.7 Å². The summed E-state index contributed by atoms with van der Waals surface area (Å²) >= 11 is 0. The van der Waals surface area contributed by atoms with E-state index < -0.39 is 47.8 Å². The van der Waals surface area contributed by atoms with Crippen LogP contribution in [0.2, 0.25) is 0 Å². The molecule has 8 N–H and O–H groups in total. The van der Waals surface area contributed by atoms with Crippen LogP contribution in [-0.2, 0) is 32.0 Å². The van der Waals surface area contributed by atoms with E-state index in [0.29, 0.717) is 0 Å². The number of benzene rings is 2. The van der Waals surface area contributed by atoms with Crippen molar-refractivity contribution in [2.75, 3.05) is 11.5 Å². The fraction of sp³-hybridized carbons (Fsp3) is 0.333. The second kappa shape index (κ2) is 13.2. The molecule has 1 aliphatic heterocycles. The van der Waals surface area contributed by atoms with Crippen LogP contribution in [0.5, 0.6) is 5.75 Å². The molecule has 1 fully saturated rings. The van der Waals surface area contributed by atoms with Crippen LogP contribution in [0.25, 0.3) is 0 Å². The van der Waals surface area contributed by atoms with Gasteiger partial charge in [0.05, 0.1) is 6.04 Å². The average molecular weight is 532 g/mol. The van der Waals surface area contributed by atoms with Gasteiger partial charge in [0, 0.05) is 17.9 Å². The number of rotatable bonds is 7. The Morgan fingerprint density at radius 3 is 2.31 bits per heavy atom. The minimum atomic E-state index is -0.986. The normalized spacial score (nSPS) is 21.9. The first-order valence-electron chi connectivity index (χ1n) is 11.2. The van der Waals surface area contributed by atoms with Gasteiger partial charge in [0.1, 0.15) is 23.9 Å². The molecule has 2 aromatic rings. The fourth-order valence-electron chi connectivity index (χ4n) is 3.47. The summed E-state index contributed by atoms with van der Waals surface area (Å²) in [5, 5.41) is 17.4. The summed E-state index contributed by atoms with van der Waals surface area (Å²) in [7, 11) is 2.54. The zero-order valence-corrected chi connectivity index (χ0v) is 21.0. The zero-order valence-electron chi connectivity index (χ0n) is 19.4. The van der Waals surface area contributed by atoms with Crippen molar-refractivity contribution in [1.29, 1.82) is 0 Å². The Balaban J connectivity index is 1.74. The number of hydrogen-bond acceptors (Lipinski definition) is 8. The van der Waals surface area contributed by atoms with Gasteiger partial charge in [-0.3, -0.25) is 19.2 Å². The van der Waals surface area contributed by atoms with E-state index in [-0.39, 0.29) is 30.1 Å². The molecule has 12 heteroatoms. The van der Waals surface area contributed by atoms with Crippen molar-refractivity contribution in [3.8, 4) is 5.75 Å². The van der Waals surface area contributed by atoms with Crippen molar-refractivity contribution in [2.45, 2.75) is 37.0 Å². The van der Waals surface area contributed by atoms with Crippen LogP contribution in [0.3, 0.4) is 0 Å². The molecule has 1 heterocycles. The number of primary amides is 1. The smallest absolute Gasteiger partial charge is 0.244 e. The van der Waals surface area contributed by atoms with Gasteiger partial charge in [-0.15, -0.1) is 0 Å². The molecule has 2 aromatic carbocycles. The van der Waals surface area contributed by atoms with Crippen LogP contribution < -0.4 is 27.4 Å². The first-order valence-corrected chi connectivity index (χ1v) is 13.7. The number of hydrogen-bond donors (Lipinski definition) is 6. The quantitative estimate of drug-likeness (QED) is 0.267. The van der Waals surface area contributed by atoms with Gasteiger partial charge >= 0.3 is 0 Å². The SMILES string of the molecule is NC(=O)[C@H]1CSSC[C@@H](NC(=O)[C@@H](N)Cc2ccc(O)cc2)C(=O)N[C@@H](Cc2ccccc2)C(=O)N1. The molecule has 1 aliphatic rings. The number of amides is 4. The number of phenolic OH excluding ortho intramolecular Hbond substituents is 1. The maximum Gasteiger partial charge on any atom is 0.244 e. The Hall–Kier alpha value is -3.22. The minimum Gasteiger partial charge on any atom is -0.508 e. The van der Waals surface area contributed by atoms with E-state index in [1.165, 1.54) is 33.7 Å². The standard InChI is InChI=1S/C24H29N5O5S2/c25-17(10-15-6-8-16(30)9-7-15)22(32)29-20-13-36-35-12-19(21(26)31)28-23(33)18(27-24(20)34)11-14-4-2-1-3-5-14/h1-9,17-20,30H,10-13,25H2,(H2,26,31)(H,27,34)(H,28,33)(H,29,32)/t17-,18-,19+,20+/m0/s1. The van der Waals surface area contributed by atoms with Crippen molar-refractivity contribution in [1.82, 2.24) is 16.0 Å². The zero-order chi connectivity index (χ0) is 26.1. The Morgan fingerprint density at radius 2 is 1.64 bits per heavy atom. The Kier molecular flexibility index (Phi) is 10.0. The summed E-state index contributed by atoms with van der Waals surface area (Å²) < 4.78 is 0. The predicted octanol–water partition coefficient (Wildman–Crippen LogP) is -0.161. The molecule has 36 heavy (non-hydrogen) atoms. The third kappa shape index (κ3) is 8.18. The van der Waals surface area contributed by atoms with Gasteiger partial charge in [0.15, 0.2) is 0 Å². The largest absolute Gasteiger partial charge is 0.508 e. The molecule has 0 radical (unpaired) electrons. The first kappa shape index (κ1) is 27.4. The highest BCUT2D eigenvalue weighted by Gasteiger charge is 2.31. The van der Waals surface area contributed by atoms with Gasteiger partial charge < -0.3 is 32.5 Å². The van der Waals surface area contributed by atoms with Crippen LogP contribution in [0, 0.1) is 0 Å². The third-order valence-corrected chi connectivity index (χ3v) is 7.91. The summed E-state index contributed by atoms with van der Waals surface area (Å²) in [6, 6.07) is 11.7. The third-order valence-electron chi connectivity index (χ3n) is 5.49. The maximum absolute atomic E-state index is 13.2. The van der Waals surface area contributed by atoms with Gasteiger partial charge in [-0.25, -0.2) is 0 Å². The monoisotopic (exact) mass is 531 g/mol. The van der Waals surface area contributed by atoms with Crippen LogP contribution >= 0.6 is 21.6 Å². The van der Waals surface area contributed by atoms with E-state index in [4.69, 9.17) is 11.5 Å². The number of phenols is 1. The summed E-state index contributed by atoms with van der Waals surface area (Å²) in [5.41, 5.74) is 13.1. The van der Waals surface area contributed by atoms with E-state index in [1.54, 1.807) is 12.1 Å². The number of carbonyl (C=O) groups is 4. The van der Waals surface area contributed by atoms with Crippen molar-refractivity contribution in [3.05, 3.63) is 65.7 Å². The van der Waals surface area contributed by atoms with Gasteiger partial charge in [-0.1, -0.05) is 64.1 Å². The molecule has 10 nitrogen and oxygen atoms in total. The Labute approximate surface area is 216 Å². The Bertz CT molecular complexity index is 1070. The maximum atomic E-state index is 13.2. The van der Waals surface area contributed by atoms with E-state index in [0.717, 1.165) is 11.1 Å². The molecule has 1 saturated heterocycles. The molecule has 192 valence electrons. The lowest BCUT2D eigenvalue weighted by Gasteiger charge is -2.24. The second-order valence-electron chi connectivity index (χ2n) is 8.32. The lowest BCUT2D eigenvalue weighted by atomic mass is 10.0. The van der Waals surface area contributed by atoms with Crippen molar-refractivity contribution in [2.24, 2.45) is 11.5 Å². The summed E-state index contributed by atoms with van der Waals surface area (Å²) in [6.45, 7) is 0. The van der Waals surface area contributed by atoms with E-state index in [2.05, 4.69) is 16.0 Å².